The summed E-state index contributed by atoms with van der Waals surface area (Å²) in [6.07, 6.45) is 2.27. The number of hydrogen-bond donors (Lipinski definition) is 3. The van der Waals surface area contributed by atoms with Crippen LogP contribution in [0.4, 0.5) is 10.5 Å². The van der Waals surface area contributed by atoms with Gasteiger partial charge >= 0.3 is 12.0 Å². The minimum atomic E-state index is -1.04. The first-order valence-electron chi connectivity index (χ1n) is 6.41. The average molecular weight is 312 g/mol. The number of aryl methyl sites for hydroxylation is 1. The van der Waals surface area contributed by atoms with E-state index in [-0.39, 0.29) is 0 Å². The Kier molecular flexibility index (Phi) is 6.87. The number of benzene rings is 1. The molecular formula is C14H20N2O4S. The molecule has 1 rings (SSSR count). The third kappa shape index (κ3) is 5.55. The maximum absolute atomic E-state index is 11.8. The molecule has 3 N–H and O–H groups in total. The molecule has 0 radical (unpaired) electrons. The van der Waals surface area contributed by atoms with Gasteiger partial charge in [-0.3, -0.25) is 0 Å². The molecule has 0 saturated heterocycles. The van der Waals surface area contributed by atoms with Gasteiger partial charge in [0.15, 0.2) is 0 Å². The summed E-state index contributed by atoms with van der Waals surface area (Å²) in [7, 11) is 1.57. The van der Waals surface area contributed by atoms with Crippen molar-refractivity contribution < 1.29 is 19.4 Å². The number of methoxy groups -OCH3 is 1. The predicted molar refractivity (Wildman–Crippen MR) is 84.3 cm³/mol. The van der Waals surface area contributed by atoms with Gasteiger partial charge in [0.2, 0.25) is 0 Å². The molecular weight excluding hydrogens is 292 g/mol. The van der Waals surface area contributed by atoms with Crippen LogP contribution in [0.3, 0.4) is 0 Å². The standard InChI is InChI=1S/C14H20N2O4S/c1-9-8-10(4-5-12(9)20-2)15-14(19)16-11(13(17)18)6-7-21-3/h4-5,8,11H,6-7H2,1-3H3,(H,17,18)(H2,15,16,19)/t11-/m0/s1. The van der Waals surface area contributed by atoms with Crippen LogP contribution in [0.5, 0.6) is 5.75 Å². The third-order valence-corrected chi connectivity index (χ3v) is 3.51. The van der Waals surface area contributed by atoms with E-state index in [0.29, 0.717) is 17.9 Å². The maximum atomic E-state index is 11.8. The van der Waals surface area contributed by atoms with Gasteiger partial charge in [-0.15, -0.1) is 0 Å². The topological polar surface area (TPSA) is 87.7 Å². The number of carbonyl (C=O) groups excluding carboxylic acids is 1. The summed E-state index contributed by atoms with van der Waals surface area (Å²) in [5.41, 5.74) is 1.47. The van der Waals surface area contributed by atoms with E-state index in [1.165, 1.54) is 11.8 Å². The Hall–Kier alpha value is -1.89. The summed E-state index contributed by atoms with van der Waals surface area (Å²) in [6.45, 7) is 1.86. The fourth-order valence-corrected chi connectivity index (χ4v) is 2.25. The molecule has 0 aromatic heterocycles. The molecule has 21 heavy (non-hydrogen) atoms. The molecule has 0 bridgehead atoms. The molecule has 7 heteroatoms. The van der Waals surface area contributed by atoms with Crippen molar-refractivity contribution in [3.63, 3.8) is 0 Å². The number of nitrogens with one attached hydrogen (secondary N) is 2. The van der Waals surface area contributed by atoms with E-state index in [4.69, 9.17) is 9.84 Å². The summed E-state index contributed by atoms with van der Waals surface area (Å²) >= 11 is 1.54. The Labute approximate surface area is 128 Å². The monoisotopic (exact) mass is 312 g/mol. The minimum Gasteiger partial charge on any atom is -0.496 e. The van der Waals surface area contributed by atoms with Crippen LogP contribution in [0.25, 0.3) is 0 Å². The highest BCUT2D eigenvalue weighted by molar-refractivity contribution is 7.98. The number of carbonyl (C=O) groups is 2. The number of aliphatic carboxylic acids is 1. The molecule has 0 heterocycles. The lowest BCUT2D eigenvalue weighted by molar-refractivity contribution is -0.139. The average Bonchev–Trinajstić information content (AvgIpc) is 2.43. The Morgan fingerprint density at radius 3 is 2.67 bits per heavy atom. The van der Waals surface area contributed by atoms with Crippen molar-refractivity contribution in [2.75, 3.05) is 24.4 Å². The van der Waals surface area contributed by atoms with E-state index in [2.05, 4.69) is 10.6 Å². The Morgan fingerprint density at radius 2 is 2.14 bits per heavy atom. The third-order valence-electron chi connectivity index (χ3n) is 2.87. The summed E-state index contributed by atoms with van der Waals surface area (Å²) in [5.74, 6) is 0.355. The highest BCUT2D eigenvalue weighted by atomic mass is 32.2. The van der Waals surface area contributed by atoms with Crippen molar-refractivity contribution in [3.8, 4) is 5.75 Å². The van der Waals surface area contributed by atoms with Crippen molar-refractivity contribution in [3.05, 3.63) is 23.8 Å². The van der Waals surface area contributed by atoms with Gasteiger partial charge in [0.25, 0.3) is 0 Å². The Morgan fingerprint density at radius 1 is 1.43 bits per heavy atom. The van der Waals surface area contributed by atoms with Gasteiger partial charge in [-0.2, -0.15) is 11.8 Å². The zero-order chi connectivity index (χ0) is 15.8. The first-order valence-corrected chi connectivity index (χ1v) is 7.81. The summed E-state index contributed by atoms with van der Waals surface area (Å²) in [6, 6.07) is 3.77. The van der Waals surface area contributed by atoms with Crippen LogP contribution >= 0.6 is 11.8 Å². The number of thioether (sulfide) groups is 1. The summed E-state index contributed by atoms with van der Waals surface area (Å²) in [4.78, 5) is 22.9. The van der Waals surface area contributed by atoms with Crippen molar-refractivity contribution in [1.29, 1.82) is 0 Å². The van der Waals surface area contributed by atoms with Gasteiger partial charge in [0.1, 0.15) is 11.8 Å². The lowest BCUT2D eigenvalue weighted by Crippen LogP contribution is -2.43. The van der Waals surface area contributed by atoms with E-state index in [1.807, 2.05) is 13.2 Å². The van der Waals surface area contributed by atoms with Gasteiger partial charge in [-0.1, -0.05) is 0 Å². The first kappa shape index (κ1) is 17.2. The zero-order valence-corrected chi connectivity index (χ0v) is 13.1. The van der Waals surface area contributed by atoms with Crippen molar-refractivity contribution >= 4 is 29.4 Å². The molecule has 6 nitrogen and oxygen atoms in total. The second kappa shape index (κ2) is 8.41. The molecule has 0 spiro atoms. The fraction of sp³-hybridized carbons (Fsp3) is 0.429. The second-order valence-corrected chi connectivity index (χ2v) is 5.44. The van der Waals surface area contributed by atoms with E-state index in [0.717, 1.165) is 11.3 Å². The van der Waals surface area contributed by atoms with Crippen LogP contribution in [0.15, 0.2) is 18.2 Å². The van der Waals surface area contributed by atoms with Crippen molar-refractivity contribution in [2.24, 2.45) is 0 Å². The van der Waals surface area contributed by atoms with E-state index >= 15 is 0 Å². The SMILES string of the molecule is COc1ccc(NC(=O)N[C@@H](CCSC)C(=O)O)cc1C. The molecule has 2 amide bonds. The van der Waals surface area contributed by atoms with Crippen LogP contribution in [0.2, 0.25) is 0 Å². The molecule has 0 aliphatic heterocycles. The Bertz CT molecular complexity index is 508. The first-order chi connectivity index (χ1) is 9.97. The fourth-order valence-electron chi connectivity index (χ4n) is 1.77. The zero-order valence-electron chi connectivity index (χ0n) is 12.3. The van der Waals surface area contributed by atoms with Gasteiger partial charge in [-0.25, -0.2) is 9.59 Å². The quantitative estimate of drug-likeness (QED) is 0.719. The van der Waals surface area contributed by atoms with Crippen molar-refractivity contribution in [2.45, 2.75) is 19.4 Å². The number of rotatable bonds is 7. The molecule has 116 valence electrons. The number of anilines is 1. The number of carboxylic acid groups (broad SMARTS) is 1. The molecule has 1 aromatic rings. The smallest absolute Gasteiger partial charge is 0.326 e. The van der Waals surface area contributed by atoms with Crippen LogP contribution < -0.4 is 15.4 Å². The molecule has 0 aliphatic rings. The number of hydrogen-bond acceptors (Lipinski definition) is 4. The number of urea groups is 1. The van der Waals surface area contributed by atoms with E-state index < -0.39 is 18.0 Å². The van der Waals surface area contributed by atoms with Gasteiger partial charge in [0, 0.05) is 5.69 Å². The highest BCUT2D eigenvalue weighted by Gasteiger charge is 2.19. The normalized spacial score (nSPS) is 11.6. The van der Waals surface area contributed by atoms with Gasteiger partial charge < -0.3 is 20.5 Å². The van der Waals surface area contributed by atoms with Gasteiger partial charge in [-0.05, 0) is 49.1 Å². The lowest BCUT2D eigenvalue weighted by atomic mass is 10.2. The van der Waals surface area contributed by atoms with E-state index in [1.54, 1.807) is 25.3 Å². The minimum absolute atomic E-state index is 0.381. The van der Waals surface area contributed by atoms with Crippen LogP contribution in [0.1, 0.15) is 12.0 Å². The number of ether oxygens (including phenoxy) is 1. The molecule has 0 fully saturated rings. The molecule has 1 aromatic carbocycles. The Balaban J connectivity index is 2.63. The van der Waals surface area contributed by atoms with Crippen molar-refractivity contribution in [1.82, 2.24) is 5.32 Å². The molecule has 0 saturated carbocycles. The molecule has 0 aliphatic carbocycles. The van der Waals surface area contributed by atoms with Crippen LogP contribution in [-0.2, 0) is 4.79 Å². The largest absolute Gasteiger partial charge is 0.496 e. The summed E-state index contributed by atoms with van der Waals surface area (Å²) < 4.78 is 5.14. The highest BCUT2D eigenvalue weighted by Crippen LogP contribution is 2.21. The summed E-state index contributed by atoms with van der Waals surface area (Å²) in [5, 5.41) is 14.1. The maximum Gasteiger partial charge on any atom is 0.326 e. The predicted octanol–water partition coefficient (Wildman–Crippen LogP) is 2.33. The lowest BCUT2D eigenvalue weighted by Gasteiger charge is -2.15. The van der Waals surface area contributed by atoms with Crippen LogP contribution in [0, 0.1) is 6.92 Å². The van der Waals surface area contributed by atoms with E-state index in [9.17, 15) is 9.59 Å². The molecule has 0 unspecified atom stereocenters. The molecule has 1 atom stereocenters. The number of carboxylic acids is 1. The van der Waals surface area contributed by atoms with Gasteiger partial charge in [0.05, 0.1) is 7.11 Å². The number of amides is 2. The van der Waals surface area contributed by atoms with Crippen LogP contribution in [-0.4, -0.2) is 42.3 Å². The second-order valence-electron chi connectivity index (χ2n) is 4.46.